The Labute approximate surface area is 96.4 Å². The van der Waals surface area contributed by atoms with Gasteiger partial charge in [-0.3, -0.25) is 4.31 Å². The fourth-order valence-electron chi connectivity index (χ4n) is 1.40. The Kier molecular flexibility index (Phi) is 4.28. The largest absolute Gasteiger partial charge is 0.326 e. The van der Waals surface area contributed by atoms with Crippen LogP contribution in [0.25, 0.3) is 0 Å². The molecule has 90 valence electrons. The molecule has 6 heteroatoms. The number of benzene rings is 1. The molecule has 0 atom stereocenters. The normalized spacial score (nSPS) is 11.4. The van der Waals surface area contributed by atoms with Gasteiger partial charge in [0.1, 0.15) is 0 Å². The van der Waals surface area contributed by atoms with Crippen LogP contribution in [0.4, 0.5) is 5.69 Å². The molecule has 0 saturated heterocycles. The average molecular weight is 243 g/mol. The number of rotatable bonds is 5. The van der Waals surface area contributed by atoms with E-state index >= 15 is 0 Å². The maximum atomic E-state index is 11.7. The quantitative estimate of drug-likeness (QED) is 0.787. The molecule has 3 N–H and O–H groups in total. The van der Waals surface area contributed by atoms with E-state index in [-0.39, 0.29) is 0 Å². The van der Waals surface area contributed by atoms with Crippen molar-refractivity contribution in [3.8, 4) is 0 Å². The van der Waals surface area contributed by atoms with E-state index in [1.54, 1.807) is 19.1 Å². The molecule has 5 nitrogen and oxygen atoms in total. The van der Waals surface area contributed by atoms with Crippen molar-refractivity contribution in [2.75, 3.05) is 17.9 Å². The zero-order valence-corrected chi connectivity index (χ0v) is 10.3. The molecule has 1 aromatic rings. The van der Waals surface area contributed by atoms with E-state index in [9.17, 15) is 8.42 Å². The summed E-state index contributed by atoms with van der Waals surface area (Å²) in [5.74, 6) is 0. The van der Waals surface area contributed by atoms with E-state index in [1.165, 1.54) is 11.4 Å². The topological polar surface area (TPSA) is 75.4 Å². The molecule has 0 aliphatic carbocycles. The van der Waals surface area contributed by atoms with Crippen LogP contribution in [0.5, 0.6) is 0 Å². The average Bonchev–Trinajstić information content (AvgIpc) is 2.30. The van der Waals surface area contributed by atoms with Crippen molar-refractivity contribution in [1.82, 2.24) is 4.72 Å². The molecule has 0 unspecified atom stereocenters. The van der Waals surface area contributed by atoms with Crippen molar-refractivity contribution in [2.24, 2.45) is 5.73 Å². The highest BCUT2D eigenvalue weighted by atomic mass is 32.2. The molecule has 0 radical (unpaired) electrons. The van der Waals surface area contributed by atoms with Crippen LogP contribution in [0.3, 0.4) is 0 Å². The van der Waals surface area contributed by atoms with E-state index in [1.807, 2.05) is 12.1 Å². The van der Waals surface area contributed by atoms with Crippen LogP contribution in [0.2, 0.25) is 0 Å². The molecule has 0 aromatic heterocycles. The Morgan fingerprint density at radius 3 is 2.25 bits per heavy atom. The highest BCUT2D eigenvalue weighted by molar-refractivity contribution is 7.90. The van der Waals surface area contributed by atoms with Crippen LogP contribution < -0.4 is 14.8 Å². The van der Waals surface area contributed by atoms with E-state index in [4.69, 9.17) is 5.73 Å². The van der Waals surface area contributed by atoms with Gasteiger partial charge >= 0.3 is 10.2 Å². The number of nitrogens with zero attached hydrogens (tertiary/aromatic N) is 1. The predicted molar refractivity (Wildman–Crippen MR) is 65.3 cm³/mol. The minimum atomic E-state index is -3.43. The molecule has 16 heavy (non-hydrogen) atoms. The third kappa shape index (κ3) is 2.72. The van der Waals surface area contributed by atoms with Gasteiger partial charge in [0.25, 0.3) is 0 Å². The summed E-state index contributed by atoms with van der Waals surface area (Å²) in [6.07, 6.45) is 0. The molecule has 1 rings (SSSR count). The maximum absolute atomic E-state index is 11.7. The lowest BCUT2D eigenvalue weighted by Crippen LogP contribution is -2.38. The Hall–Kier alpha value is -1.11. The smallest absolute Gasteiger partial charge is 0.301 e. The molecule has 0 amide bonds. The van der Waals surface area contributed by atoms with Crippen molar-refractivity contribution in [3.63, 3.8) is 0 Å². The highest BCUT2D eigenvalue weighted by Crippen LogP contribution is 2.17. The monoisotopic (exact) mass is 243 g/mol. The summed E-state index contributed by atoms with van der Waals surface area (Å²) < 4.78 is 26.9. The lowest BCUT2D eigenvalue weighted by Gasteiger charge is -2.22. The fourth-order valence-corrected chi connectivity index (χ4v) is 2.36. The molecule has 1 aromatic carbocycles. The highest BCUT2D eigenvalue weighted by Gasteiger charge is 2.18. The zero-order chi connectivity index (χ0) is 12.2. The number of nitrogens with one attached hydrogen (secondary N) is 1. The van der Waals surface area contributed by atoms with Crippen molar-refractivity contribution in [3.05, 3.63) is 29.8 Å². The van der Waals surface area contributed by atoms with Gasteiger partial charge in [-0.2, -0.15) is 8.42 Å². The minimum Gasteiger partial charge on any atom is -0.326 e. The molecule has 0 aliphatic heterocycles. The summed E-state index contributed by atoms with van der Waals surface area (Å²) >= 11 is 0. The first-order chi connectivity index (χ1) is 7.55. The summed E-state index contributed by atoms with van der Waals surface area (Å²) in [6.45, 7) is 2.61. The molecular weight excluding hydrogens is 226 g/mol. The number of hydrogen-bond donors (Lipinski definition) is 2. The predicted octanol–water partition coefficient (Wildman–Crippen LogP) is 0.436. The van der Waals surface area contributed by atoms with E-state index < -0.39 is 10.2 Å². The van der Waals surface area contributed by atoms with Gasteiger partial charge in [0, 0.05) is 20.1 Å². The SMILES string of the molecule is CCN(c1ccc(CN)cc1)S(=O)(=O)NC. The van der Waals surface area contributed by atoms with Gasteiger partial charge in [-0.25, -0.2) is 4.72 Å². The molecule has 0 fully saturated rings. The summed E-state index contributed by atoms with van der Waals surface area (Å²) in [5.41, 5.74) is 7.08. The van der Waals surface area contributed by atoms with Gasteiger partial charge in [0.15, 0.2) is 0 Å². The summed E-state index contributed by atoms with van der Waals surface area (Å²) in [6, 6.07) is 7.15. The Bertz CT molecular complexity index is 428. The second-order valence-corrected chi connectivity index (χ2v) is 5.04. The van der Waals surface area contributed by atoms with Crippen molar-refractivity contribution in [2.45, 2.75) is 13.5 Å². The van der Waals surface area contributed by atoms with E-state index in [2.05, 4.69) is 4.72 Å². The summed E-state index contributed by atoms with van der Waals surface area (Å²) in [5, 5.41) is 0. The van der Waals surface area contributed by atoms with Crippen LogP contribution in [0.1, 0.15) is 12.5 Å². The van der Waals surface area contributed by atoms with Crippen molar-refractivity contribution < 1.29 is 8.42 Å². The number of anilines is 1. The van der Waals surface area contributed by atoms with Gasteiger partial charge < -0.3 is 5.73 Å². The van der Waals surface area contributed by atoms with Crippen LogP contribution in [-0.4, -0.2) is 22.0 Å². The lowest BCUT2D eigenvalue weighted by atomic mass is 10.2. The van der Waals surface area contributed by atoms with Gasteiger partial charge in [0.05, 0.1) is 5.69 Å². The van der Waals surface area contributed by atoms with E-state index in [0.29, 0.717) is 18.8 Å². The molecule has 0 bridgehead atoms. The van der Waals surface area contributed by atoms with Crippen LogP contribution >= 0.6 is 0 Å². The first-order valence-corrected chi connectivity index (χ1v) is 6.49. The van der Waals surface area contributed by atoms with Crippen molar-refractivity contribution >= 4 is 15.9 Å². The zero-order valence-electron chi connectivity index (χ0n) is 9.47. The molecule has 0 aliphatic rings. The van der Waals surface area contributed by atoms with Crippen LogP contribution in [0, 0.1) is 0 Å². The third-order valence-electron chi connectivity index (χ3n) is 2.30. The first kappa shape index (κ1) is 13.0. The van der Waals surface area contributed by atoms with E-state index in [0.717, 1.165) is 5.56 Å². The fraction of sp³-hybridized carbons (Fsp3) is 0.400. The maximum Gasteiger partial charge on any atom is 0.301 e. The van der Waals surface area contributed by atoms with Crippen LogP contribution in [-0.2, 0) is 16.8 Å². The summed E-state index contributed by atoms with van der Waals surface area (Å²) in [7, 11) is -2.04. The first-order valence-electron chi connectivity index (χ1n) is 5.05. The Morgan fingerprint density at radius 1 is 1.31 bits per heavy atom. The van der Waals surface area contributed by atoms with Gasteiger partial charge in [-0.05, 0) is 24.6 Å². The molecule has 0 spiro atoms. The van der Waals surface area contributed by atoms with Crippen LogP contribution in [0.15, 0.2) is 24.3 Å². The van der Waals surface area contributed by atoms with Crippen molar-refractivity contribution in [1.29, 1.82) is 0 Å². The standard InChI is InChI=1S/C10H17N3O2S/c1-3-13(16(14,15)12-2)10-6-4-9(8-11)5-7-10/h4-7,12H,3,8,11H2,1-2H3. The Morgan fingerprint density at radius 2 is 1.88 bits per heavy atom. The second kappa shape index (κ2) is 5.29. The number of hydrogen-bond acceptors (Lipinski definition) is 3. The van der Waals surface area contributed by atoms with Gasteiger partial charge in [-0.15, -0.1) is 0 Å². The minimum absolute atomic E-state index is 0.380. The molecular formula is C10H17N3O2S. The number of nitrogens with two attached hydrogens (primary N) is 1. The lowest BCUT2D eigenvalue weighted by molar-refractivity contribution is 0.584. The van der Waals surface area contributed by atoms with Gasteiger partial charge in [0.2, 0.25) is 0 Å². The molecule has 0 heterocycles. The second-order valence-electron chi connectivity index (χ2n) is 3.24. The summed E-state index contributed by atoms with van der Waals surface area (Å²) in [4.78, 5) is 0. The Balaban J connectivity index is 3.05. The van der Waals surface area contributed by atoms with Gasteiger partial charge in [-0.1, -0.05) is 12.1 Å². The third-order valence-corrected chi connectivity index (χ3v) is 3.86. The molecule has 0 saturated carbocycles.